The summed E-state index contributed by atoms with van der Waals surface area (Å²) < 4.78 is 0. The topological polar surface area (TPSA) is 53.6 Å². The molecule has 3 rings (SSSR count). The van der Waals surface area contributed by atoms with Gasteiger partial charge in [-0.1, -0.05) is 18.2 Å². The van der Waals surface area contributed by atoms with Crippen LogP contribution in [0.1, 0.15) is 19.3 Å². The van der Waals surface area contributed by atoms with Gasteiger partial charge in [-0.15, -0.1) is 24.0 Å². The number of nitrogens with one attached hydrogen (secondary N) is 1. The van der Waals surface area contributed by atoms with E-state index in [2.05, 4.69) is 15.2 Å². The minimum atomic E-state index is 0. The number of para-hydroxylation sites is 1. The SMILES string of the molecule is I.NC(=NCC1CCN(C2CC2)C1)Nc1ccccc1. The van der Waals surface area contributed by atoms with Crippen molar-refractivity contribution in [1.82, 2.24) is 4.90 Å². The van der Waals surface area contributed by atoms with E-state index in [0.29, 0.717) is 11.9 Å². The highest BCUT2D eigenvalue weighted by Crippen LogP contribution is 2.31. The van der Waals surface area contributed by atoms with Gasteiger partial charge in [-0.2, -0.15) is 0 Å². The molecule has 1 unspecified atom stereocenters. The first-order valence-corrected chi connectivity index (χ1v) is 7.17. The van der Waals surface area contributed by atoms with Crippen LogP contribution in [-0.2, 0) is 0 Å². The second kappa shape index (κ2) is 7.26. The lowest BCUT2D eigenvalue weighted by Crippen LogP contribution is -2.25. The quantitative estimate of drug-likeness (QED) is 0.475. The van der Waals surface area contributed by atoms with Gasteiger partial charge in [-0.3, -0.25) is 4.99 Å². The number of likely N-dealkylation sites (tertiary alicyclic amines) is 1. The zero-order valence-corrected chi connectivity index (χ0v) is 14.0. The Morgan fingerprint density at radius 3 is 2.70 bits per heavy atom. The number of rotatable bonds is 4. The number of hydrogen-bond donors (Lipinski definition) is 2. The van der Waals surface area contributed by atoms with Crippen LogP contribution in [-0.4, -0.2) is 36.5 Å². The van der Waals surface area contributed by atoms with Crippen molar-refractivity contribution in [3.05, 3.63) is 30.3 Å². The van der Waals surface area contributed by atoms with Crippen molar-refractivity contribution in [1.29, 1.82) is 0 Å². The van der Waals surface area contributed by atoms with Gasteiger partial charge in [0.2, 0.25) is 0 Å². The van der Waals surface area contributed by atoms with E-state index in [1.807, 2.05) is 30.3 Å². The van der Waals surface area contributed by atoms with Gasteiger partial charge in [0.05, 0.1) is 0 Å². The number of benzene rings is 1. The lowest BCUT2D eigenvalue weighted by molar-refractivity contribution is 0.315. The second-order valence-electron chi connectivity index (χ2n) is 5.60. The summed E-state index contributed by atoms with van der Waals surface area (Å²) in [5.41, 5.74) is 6.91. The molecule has 2 fully saturated rings. The molecule has 20 heavy (non-hydrogen) atoms. The summed E-state index contributed by atoms with van der Waals surface area (Å²) in [4.78, 5) is 7.08. The molecule has 1 aliphatic carbocycles. The number of halogens is 1. The molecule has 5 heteroatoms. The first-order valence-electron chi connectivity index (χ1n) is 7.17. The van der Waals surface area contributed by atoms with Gasteiger partial charge < -0.3 is 16.0 Å². The monoisotopic (exact) mass is 386 g/mol. The zero-order valence-electron chi connectivity index (χ0n) is 11.7. The summed E-state index contributed by atoms with van der Waals surface area (Å²) in [7, 11) is 0. The van der Waals surface area contributed by atoms with E-state index in [0.717, 1.165) is 18.3 Å². The molecular weight excluding hydrogens is 363 g/mol. The smallest absolute Gasteiger partial charge is 0.193 e. The van der Waals surface area contributed by atoms with Crippen LogP contribution < -0.4 is 11.1 Å². The third-order valence-electron chi connectivity index (χ3n) is 3.95. The first-order chi connectivity index (χ1) is 9.31. The van der Waals surface area contributed by atoms with Gasteiger partial charge in [0, 0.05) is 24.8 Å². The highest BCUT2D eigenvalue weighted by atomic mass is 127. The minimum Gasteiger partial charge on any atom is -0.370 e. The van der Waals surface area contributed by atoms with Crippen molar-refractivity contribution in [2.45, 2.75) is 25.3 Å². The van der Waals surface area contributed by atoms with Gasteiger partial charge in [0.15, 0.2) is 5.96 Å². The Morgan fingerprint density at radius 1 is 1.25 bits per heavy atom. The largest absolute Gasteiger partial charge is 0.370 e. The van der Waals surface area contributed by atoms with E-state index in [1.165, 1.54) is 32.4 Å². The minimum absolute atomic E-state index is 0. The first kappa shape index (κ1) is 15.6. The summed E-state index contributed by atoms with van der Waals surface area (Å²) in [6, 6.07) is 10.8. The molecule has 1 atom stereocenters. The third-order valence-corrected chi connectivity index (χ3v) is 3.95. The summed E-state index contributed by atoms with van der Waals surface area (Å²) >= 11 is 0. The molecule has 3 N–H and O–H groups in total. The number of hydrogen-bond acceptors (Lipinski definition) is 2. The molecule has 0 amide bonds. The standard InChI is InChI=1S/C15H22N4.HI/c16-15(18-13-4-2-1-3-5-13)17-10-12-8-9-19(11-12)14-6-7-14;/h1-5,12,14H,6-11H2,(H3,16,17,18);1H. The number of nitrogens with zero attached hydrogens (tertiary/aromatic N) is 2. The molecule has 1 aromatic carbocycles. The molecule has 2 aliphatic rings. The van der Waals surface area contributed by atoms with Crippen molar-refractivity contribution in [3.8, 4) is 0 Å². The molecule has 110 valence electrons. The van der Waals surface area contributed by atoms with Crippen LogP contribution in [0.15, 0.2) is 35.3 Å². The van der Waals surface area contributed by atoms with Crippen LogP contribution in [0.5, 0.6) is 0 Å². The number of anilines is 1. The zero-order chi connectivity index (χ0) is 13.1. The second-order valence-corrected chi connectivity index (χ2v) is 5.60. The lowest BCUT2D eigenvalue weighted by atomic mass is 10.1. The summed E-state index contributed by atoms with van der Waals surface area (Å²) in [5.74, 6) is 1.20. The molecule has 1 aromatic rings. The molecule has 0 spiro atoms. The number of aliphatic imine (C=N–C) groups is 1. The van der Waals surface area contributed by atoms with Gasteiger partial charge in [0.25, 0.3) is 0 Å². The molecule has 1 saturated carbocycles. The van der Waals surface area contributed by atoms with Gasteiger partial charge in [-0.25, -0.2) is 0 Å². The fourth-order valence-electron chi connectivity index (χ4n) is 2.72. The van der Waals surface area contributed by atoms with E-state index in [4.69, 9.17) is 5.73 Å². The molecule has 1 aliphatic heterocycles. The fraction of sp³-hybridized carbons (Fsp3) is 0.533. The van der Waals surface area contributed by atoms with Crippen LogP contribution in [0.4, 0.5) is 5.69 Å². The highest BCUT2D eigenvalue weighted by Gasteiger charge is 2.34. The predicted molar refractivity (Wildman–Crippen MR) is 94.7 cm³/mol. The Balaban J connectivity index is 0.00000147. The number of nitrogens with two attached hydrogens (primary N) is 1. The molecule has 4 nitrogen and oxygen atoms in total. The van der Waals surface area contributed by atoms with Gasteiger partial charge in [0.1, 0.15) is 0 Å². The summed E-state index contributed by atoms with van der Waals surface area (Å²) in [5, 5.41) is 3.13. The Morgan fingerprint density at radius 2 is 2.00 bits per heavy atom. The Bertz CT molecular complexity index is 444. The van der Waals surface area contributed by atoms with Gasteiger partial charge in [-0.05, 0) is 43.9 Å². The van der Waals surface area contributed by atoms with Crippen molar-refractivity contribution in [2.24, 2.45) is 16.6 Å². The van der Waals surface area contributed by atoms with E-state index in [1.54, 1.807) is 0 Å². The molecule has 1 saturated heterocycles. The molecule has 0 aromatic heterocycles. The number of guanidine groups is 1. The van der Waals surface area contributed by atoms with Crippen LogP contribution in [0, 0.1) is 5.92 Å². The average Bonchev–Trinajstić information content (AvgIpc) is 3.17. The summed E-state index contributed by atoms with van der Waals surface area (Å²) in [6.45, 7) is 3.29. The van der Waals surface area contributed by atoms with Crippen molar-refractivity contribution < 1.29 is 0 Å². The Hall–Kier alpha value is -0.820. The van der Waals surface area contributed by atoms with Gasteiger partial charge >= 0.3 is 0 Å². The Labute approximate surface area is 137 Å². The van der Waals surface area contributed by atoms with E-state index >= 15 is 0 Å². The average molecular weight is 386 g/mol. The van der Waals surface area contributed by atoms with Crippen molar-refractivity contribution >= 4 is 35.6 Å². The predicted octanol–water partition coefficient (Wildman–Crippen LogP) is 2.52. The van der Waals surface area contributed by atoms with Crippen LogP contribution in [0.2, 0.25) is 0 Å². The van der Waals surface area contributed by atoms with Crippen LogP contribution >= 0.6 is 24.0 Å². The van der Waals surface area contributed by atoms with Crippen LogP contribution in [0.25, 0.3) is 0 Å². The highest BCUT2D eigenvalue weighted by molar-refractivity contribution is 14.0. The van der Waals surface area contributed by atoms with E-state index < -0.39 is 0 Å². The lowest BCUT2D eigenvalue weighted by Gasteiger charge is -2.13. The Kier molecular flexibility index (Phi) is 5.65. The fourth-order valence-corrected chi connectivity index (χ4v) is 2.72. The summed E-state index contributed by atoms with van der Waals surface area (Å²) in [6.07, 6.45) is 4.06. The normalized spacial score (nSPS) is 23.4. The van der Waals surface area contributed by atoms with Crippen LogP contribution in [0.3, 0.4) is 0 Å². The maximum atomic E-state index is 5.92. The third kappa shape index (κ3) is 4.34. The maximum absolute atomic E-state index is 5.92. The maximum Gasteiger partial charge on any atom is 0.193 e. The van der Waals surface area contributed by atoms with Crippen molar-refractivity contribution in [3.63, 3.8) is 0 Å². The molecule has 0 radical (unpaired) electrons. The van der Waals surface area contributed by atoms with E-state index in [-0.39, 0.29) is 24.0 Å². The molecular formula is C15H23IN4. The van der Waals surface area contributed by atoms with Crippen molar-refractivity contribution in [2.75, 3.05) is 25.0 Å². The molecule has 0 bridgehead atoms. The molecule has 1 heterocycles. The van der Waals surface area contributed by atoms with E-state index in [9.17, 15) is 0 Å².